The third-order valence-corrected chi connectivity index (χ3v) is 1.39. The van der Waals surface area contributed by atoms with E-state index in [0.29, 0.717) is 0 Å². The molecular weight excluding hydrogens is 433 g/mol. The maximum atomic E-state index is 10.1. The van der Waals surface area contributed by atoms with Crippen molar-refractivity contribution in [3.8, 4) is 5.75 Å². The summed E-state index contributed by atoms with van der Waals surface area (Å²) in [6.45, 7) is 0. The summed E-state index contributed by atoms with van der Waals surface area (Å²) in [5.74, 6) is 0.0424. The molecule has 0 amide bonds. The van der Waals surface area contributed by atoms with Gasteiger partial charge in [0.2, 0.25) is 0 Å². The Bertz CT molecular complexity index is 273. The topological polar surface area (TPSA) is 72.4 Å². The molecule has 0 radical (unpaired) electrons. The summed E-state index contributed by atoms with van der Waals surface area (Å²) in [6.07, 6.45) is 0. The Morgan fingerprint density at radius 1 is 1.08 bits per heavy atom. The van der Waals surface area contributed by atoms with E-state index in [1.54, 1.807) is 18.2 Å². The Hall–Kier alpha value is 3.27. The smallest absolute Gasteiger partial charge is 0.780 e. The molecule has 0 aliphatic rings. The summed E-state index contributed by atoms with van der Waals surface area (Å²) in [6, 6.07) is 7.62. The molecule has 0 fully saturated rings. The monoisotopic (exact) mass is 438 g/mol. The maximum Gasteiger partial charge on any atom is 1.00 e. The van der Waals surface area contributed by atoms with Crippen molar-refractivity contribution in [3.63, 3.8) is 0 Å². The van der Waals surface area contributed by atoms with Gasteiger partial charge in [0.05, 0.1) is 0 Å². The van der Waals surface area contributed by atoms with E-state index in [2.05, 4.69) is 4.52 Å². The standard InChI is InChI=1S/C6H7O4P.2Cs/c7-11(8,9)10-6-4-2-1-3-5-6;;/h1-5H,(H2,7,8,9);;/q;2*+1/p-2. The van der Waals surface area contributed by atoms with Crippen LogP contribution in [0.4, 0.5) is 0 Å². The Labute approximate surface area is 194 Å². The summed E-state index contributed by atoms with van der Waals surface area (Å²) < 4.78 is 14.1. The van der Waals surface area contributed by atoms with Crippen molar-refractivity contribution < 1.29 is 157 Å². The quantitative estimate of drug-likeness (QED) is 0.432. The molecule has 0 aromatic heterocycles. The van der Waals surface area contributed by atoms with Gasteiger partial charge in [-0.2, -0.15) is 0 Å². The molecule has 1 aromatic rings. The number of hydrogen-bond acceptors (Lipinski definition) is 4. The van der Waals surface area contributed by atoms with Crippen LogP contribution in [-0.2, 0) is 4.57 Å². The van der Waals surface area contributed by atoms with Crippen molar-refractivity contribution in [2.24, 2.45) is 0 Å². The number of hydrogen-bond donors (Lipinski definition) is 0. The van der Waals surface area contributed by atoms with E-state index in [4.69, 9.17) is 0 Å². The normalized spacial score (nSPS) is 9.38. The molecule has 4 nitrogen and oxygen atoms in total. The summed E-state index contributed by atoms with van der Waals surface area (Å²) in [7, 11) is -4.89. The van der Waals surface area contributed by atoms with Gasteiger partial charge < -0.3 is 18.9 Å². The molecule has 60 valence electrons. The van der Waals surface area contributed by atoms with Gasteiger partial charge in [0.25, 0.3) is 0 Å². The fraction of sp³-hybridized carbons (Fsp3) is 0. The first-order valence-electron chi connectivity index (χ1n) is 2.85. The fourth-order valence-corrected chi connectivity index (χ4v) is 0.990. The van der Waals surface area contributed by atoms with Crippen molar-refractivity contribution in [1.29, 1.82) is 0 Å². The molecule has 13 heavy (non-hydrogen) atoms. The molecule has 0 aliphatic carbocycles. The molecule has 0 saturated carbocycles. The first-order valence-corrected chi connectivity index (χ1v) is 4.31. The number of para-hydroxylation sites is 1. The molecule has 0 N–H and O–H groups in total. The summed E-state index contributed by atoms with van der Waals surface area (Å²) in [4.78, 5) is 20.1. The van der Waals surface area contributed by atoms with Crippen LogP contribution in [0.25, 0.3) is 0 Å². The van der Waals surface area contributed by atoms with Gasteiger partial charge in [0.15, 0.2) is 0 Å². The van der Waals surface area contributed by atoms with Crippen LogP contribution in [0.5, 0.6) is 5.75 Å². The third kappa shape index (κ3) is 10.2. The predicted octanol–water partition coefficient (Wildman–Crippen LogP) is -6.10. The summed E-state index contributed by atoms with van der Waals surface area (Å²) in [5.41, 5.74) is 0. The number of benzene rings is 1. The Kier molecular flexibility index (Phi) is 13.4. The molecule has 0 unspecified atom stereocenters. The van der Waals surface area contributed by atoms with E-state index in [1.165, 1.54) is 12.1 Å². The van der Waals surface area contributed by atoms with E-state index in [0.717, 1.165) is 0 Å². The van der Waals surface area contributed by atoms with Crippen molar-refractivity contribution in [1.82, 2.24) is 0 Å². The van der Waals surface area contributed by atoms with E-state index < -0.39 is 7.82 Å². The Balaban J connectivity index is 0. The van der Waals surface area contributed by atoms with Crippen molar-refractivity contribution in [3.05, 3.63) is 30.3 Å². The average Bonchev–Trinajstić information content (AvgIpc) is 1.85. The Morgan fingerprint density at radius 3 is 1.92 bits per heavy atom. The molecule has 1 rings (SSSR count). The Morgan fingerprint density at radius 2 is 1.54 bits per heavy atom. The van der Waals surface area contributed by atoms with Gasteiger partial charge in [0.1, 0.15) is 13.6 Å². The molecule has 0 atom stereocenters. The first-order chi connectivity index (χ1) is 5.08. The molecule has 0 bridgehead atoms. The van der Waals surface area contributed by atoms with Crippen molar-refractivity contribution in [2.45, 2.75) is 0 Å². The average molecular weight is 438 g/mol. The minimum atomic E-state index is -4.89. The van der Waals surface area contributed by atoms with Crippen LogP contribution in [0.3, 0.4) is 0 Å². The molecule has 1 aromatic carbocycles. The molecule has 7 heteroatoms. The minimum absolute atomic E-state index is 0. The van der Waals surface area contributed by atoms with E-state index in [-0.39, 0.29) is 144 Å². The minimum Gasteiger partial charge on any atom is -0.780 e. The number of phosphoric acid groups is 1. The third-order valence-electron chi connectivity index (χ3n) is 0.960. The van der Waals surface area contributed by atoms with Gasteiger partial charge in [-0.15, -0.1) is 0 Å². The SMILES string of the molecule is O=P([O-])([O-])Oc1ccccc1.[Cs+].[Cs+]. The number of rotatable bonds is 2. The van der Waals surface area contributed by atoms with Crippen LogP contribution in [-0.4, -0.2) is 0 Å². The van der Waals surface area contributed by atoms with Gasteiger partial charge in [0, 0.05) is 0 Å². The zero-order valence-corrected chi connectivity index (χ0v) is 20.9. The van der Waals surface area contributed by atoms with Gasteiger partial charge in [-0.1, -0.05) is 18.2 Å². The van der Waals surface area contributed by atoms with E-state index in [9.17, 15) is 14.4 Å². The van der Waals surface area contributed by atoms with Crippen LogP contribution in [0.2, 0.25) is 0 Å². The van der Waals surface area contributed by atoms with Gasteiger partial charge >= 0.3 is 138 Å². The molecule has 0 aliphatic heterocycles. The van der Waals surface area contributed by atoms with Gasteiger partial charge in [-0.25, -0.2) is 0 Å². The molecular formula is C6H5Cs2O4P. The second kappa shape index (κ2) is 9.32. The van der Waals surface area contributed by atoms with Gasteiger partial charge in [-0.3, -0.25) is 0 Å². The second-order valence-electron chi connectivity index (χ2n) is 1.85. The zero-order valence-electron chi connectivity index (χ0n) is 7.47. The van der Waals surface area contributed by atoms with Crippen LogP contribution in [0.15, 0.2) is 30.3 Å². The molecule has 0 heterocycles. The van der Waals surface area contributed by atoms with Crippen LogP contribution in [0, 0.1) is 0 Å². The first kappa shape index (κ1) is 18.6. The maximum absolute atomic E-state index is 10.1. The van der Waals surface area contributed by atoms with Crippen molar-refractivity contribution in [2.75, 3.05) is 0 Å². The predicted molar refractivity (Wildman–Crippen MR) is 34.7 cm³/mol. The van der Waals surface area contributed by atoms with Crippen LogP contribution in [0.1, 0.15) is 0 Å². The van der Waals surface area contributed by atoms with Crippen LogP contribution >= 0.6 is 7.82 Å². The second-order valence-corrected chi connectivity index (χ2v) is 2.93. The molecule has 0 saturated heterocycles. The number of phosphoric ester groups is 1. The summed E-state index contributed by atoms with van der Waals surface area (Å²) >= 11 is 0. The zero-order chi connectivity index (χ0) is 8.32. The van der Waals surface area contributed by atoms with Gasteiger partial charge in [-0.05, 0) is 12.1 Å². The summed E-state index contributed by atoms with van der Waals surface area (Å²) in [5, 5.41) is 0. The van der Waals surface area contributed by atoms with E-state index >= 15 is 0 Å². The van der Waals surface area contributed by atoms with Crippen LogP contribution < -0.4 is 152 Å². The van der Waals surface area contributed by atoms with Crippen molar-refractivity contribution >= 4 is 7.82 Å². The molecule has 0 spiro atoms. The largest absolute Gasteiger partial charge is 1.00 e. The fourth-order valence-electron chi connectivity index (χ4n) is 0.610. The van der Waals surface area contributed by atoms with E-state index in [1.807, 2.05) is 0 Å².